The van der Waals surface area contributed by atoms with Gasteiger partial charge in [0.25, 0.3) is 0 Å². The molecule has 154 valence electrons. The minimum absolute atomic E-state index is 0.419. The van der Waals surface area contributed by atoms with E-state index in [9.17, 15) is 5.11 Å². The van der Waals surface area contributed by atoms with Crippen molar-refractivity contribution in [2.45, 2.75) is 38.5 Å². The molecule has 1 atom stereocenters. The van der Waals surface area contributed by atoms with E-state index in [0.29, 0.717) is 12.5 Å². The van der Waals surface area contributed by atoms with Gasteiger partial charge in [0, 0.05) is 0 Å². The summed E-state index contributed by atoms with van der Waals surface area (Å²) in [5.74, 6) is 1.49. The summed E-state index contributed by atoms with van der Waals surface area (Å²) in [5, 5.41) is 10.8. The van der Waals surface area contributed by atoms with Crippen LogP contribution in [0.25, 0.3) is 11.0 Å². The van der Waals surface area contributed by atoms with E-state index in [0.717, 1.165) is 35.4 Å². The summed E-state index contributed by atoms with van der Waals surface area (Å²) < 4.78 is 9.46. The number of para-hydroxylation sites is 2. The lowest BCUT2D eigenvalue weighted by molar-refractivity contribution is -0.905. The third-order valence-electron chi connectivity index (χ3n) is 6.12. The van der Waals surface area contributed by atoms with Crippen LogP contribution in [0.15, 0.2) is 48.5 Å². The average Bonchev–Trinajstić information content (AvgIpc) is 3.04. The van der Waals surface area contributed by atoms with Crippen LogP contribution in [0.5, 0.6) is 5.75 Å². The Morgan fingerprint density at radius 1 is 1.10 bits per heavy atom. The van der Waals surface area contributed by atoms with Gasteiger partial charge in [-0.2, -0.15) is 0 Å². The molecule has 0 unspecified atom stereocenters. The fourth-order valence-electron chi connectivity index (χ4n) is 4.42. The summed E-state index contributed by atoms with van der Waals surface area (Å²) in [7, 11) is 1.64. The molecular formula is C23H32N4O2+2. The molecule has 0 saturated carbocycles. The number of nitrogens with zero attached hydrogens (tertiary/aromatic N) is 2. The molecule has 1 aliphatic heterocycles. The second-order valence-electron chi connectivity index (χ2n) is 7.96. The zero-order valence-corrected chi connectivity index (χ0v) is 17.2. The second kappa shape index (κ2) is 8.84. The number of aliphatic hydroxyl groups excluding tert-OH is 1. The van der Waals surface area contributed by atoms with E-state index in [-0.39, 0.29) is 0 Å². The Balaban J connectivity index is 1.57. The number of quaternary nitrogens is 1. The number of hydrogen-bond donors (Lipinski definition) is 3. The van der Waals surface area contributed by atoms with Crippen molar-refractivity contribution in [3.8, 4) is 5.75 Å². The van der Waals surface area contributed by atoms with Gasteiger partial charge in [-0.05, 0) is 49.1 Å². The Morgan fingerprint density at radius 3 is 2.55 bits per heavy atom. The number of nitrogens with one attached hydrogen (secondary N) is 1. The molecule has 0 radical (unpaired) electrons. The number of nitrogen functional groups attached to an aromatic ring is 1. The highest BCUT2D eigenvalue weighted by Crippen LogP contribution is 2.21. The molecule has 2 heterocycles. The number of hydrogen-bond acceptors (Lipinski definition) is 3. The summed E-state index contributed by atoms with van der Waals surface area (Å²) in [5.41, 5.74) is 9.63. The Labute approximate surface area is 172 Å². The number of likely N-dealkylation sites (tertiary alicyclic amines) is 1. The molecule has 0 amide bonds. The Morgan fingerprint density at radius 2 is 1.83 bits per heavy atom. The summed E-state index contributed by atoms with van der Waals surface area (Å²) >= 11 is 0. The zero-order chi connectivity index (χ0) is 20.2. The van der Waals surface area contributed by atoms with Crippen LogP contribution in [0.4, 0.5) is 5.95 Å². The maximum Gasteiger partial charge on any atom is 0.356 e. The first-order valence-corrected chi connectivity index (χ1v) is 10.6. The van der Waals surface area contributed by atoms with Crippen LogP contribution >= 0.6 is 0 Å². The average molecular weight is 397 g/mol. The maximum atomic E-state index is 10.8. The van der Waals surface area contributed by atoms with Gasteiger partial charge in [0.1, 0.15) is 42.5 Å². The highest BCUT2D eigenvalue weighted by Gasteiger charge is 2.24. The number of ether oxygens (including phenoxy) is 1. The van der Waals surface area contributed by atoms with Crippen molar-refractivity contribution in [3.05, 3.63) is 54.1 Å². The number of methoxy groups -OCH3 is 1. The lowest BCUT2D eigenvalue weighted by atomic mass is 10.1. The van der Waals surface area contributed by atoms with Gasteiger partial charge in [-0.3, -0.25) is 5.73 Å². The van der Waals surface area contributed by atoms with Crippen LogP contribution in [-0.4, -0.2) is 36.4 Å². The highest BCUT2D eigenvalue weighted by molar-refractivity contribution is 5.73. The SMILES string of the molecule is COc1ccc([C@H](O)C[n+]2c(N)n(CC[NH+]3CCCCC3)c3ccccc32)cc1. The number of benzene rings is 2. The molecule has 6 heteroatoms. The maximum absolute atomic E-state index is 10.8. The summed E-state index contributed by atoms with van der Waals surface area (Å²) in [6.07, 6.45) is 3.37. The number of nitrogens with two attached hydrogens (primary N) is 1. The molecule has 4 N–H and O–H groups in total. The number of aromatic nitrogens is 2. The van der Waals surface area contributed by atoms with E-state index < -0.39 is 6.10 Å². The topological polar surface area (TPSA) is 68.7 Å². The van der Waals surface area contributed by atoms with Crippen LogP contribution < -0.4 is 19.9 Å². The van der Waals surface area contributed by atoms with Crippen molar-refractivity contribution in [1.29, 1.82) is 0 Å². The molecule has 0 spiro atoms. The molecule has 3 aromatic rings. The zero-order valence-electron chi connectivity index (χ0n) is 17.2. The molecule has 0 aliphatic carbocycles. The fraction of sp³-hybridized carbons (Fsp3) is 0.435. The van der Waals surface area contributed by atoms with Crippen LogP contribution in [0.2, 0.25) is 0 Å². The van der Waals surface area contributed by atoms with Crippen molar-refractivity contribution in [1.82, 2.24) is 4.57 Å². The number of fused-ring (bicyclic) bond motifs is 1. The molecule has 1 saturated heterocycles. The first-order valence-electron chi connectivity index (χ1n) is 10.6. The molecular weight excluding hydrogens is 364 g/mol. The standard InChI is InChI=1S/C23H30N4O2/c1-29-19-11-9-18(10-12-19)22(28)17-27-21-8-4-3-7-20(21)26(23(27)24)16-15-25-13-5-2-6-14-25/h3-4,7-12,22,24,28H,2,5-6,13-17H2,1H3/p+2/t22-/m1/s1. The molecule has 0 bridgehead atoms. The quantitative estimate of drug-likeness (QED) is 0.528. The summed E-state index contributed by atoms with van der Waals surface area (Å²) in [6.45, 7) is 4.92. The summed E-state index contributed by atoms with van der Waals surface area (Å²) in [6, 6.07) is 15.8. The molecule has 2 aromatic carbocycles. The van der Waals surface area contributed by atoms with Crippen molar-refractivity contribution < 1.29 is 19.3 Å². The van der Waals surface area contributed by atoms with Gasteiger partial charge in [0.15, 0.2) is 0 Å². The third-order valence-corrected chi connectivity index (χ3v) is 6.12. The van der Waals surface area contributed by atoms with Crippen LogP contribution in [0.3, 0.4) is 0 Å². The van der Waals surface area contributed by atoms with Gasteiger partial charge < -0.3 is 14.7 Å². The van der Waals surface area contributed by atoms with Gasteiger partial charge in [-0.1, -0.05) is 24.3 Å². The van der Waals surface area contributed by atoms with Crippen LogP contribution in [0.1, 0.15) is 30.9 Å². The first kappa shape index (κ1) is 19.7. The van der Waals surface area contributed by atoms with Crippen molar-refractivity contribution in [2.75, 3.05) is 32.5 Å². The van der Waals surface area contributed by atoms with Crippen LogP contribution in [-0.2, 0) is 13.1 Å². The minimum atomic E-state index is -0.639. The summed E-state index contributed by atoms with van der Waals surface area (Å²) in [4.78, 5) is 1.67. The number of imidazole rings is 1. The lowest BCUT2D eigenvalue weighted by Crippen LogP contribution is -3.13. The third kappa shape index (κ3) is 4.23. The van der Waals surface area contributed by atoms with E-state index in [2.05, 4.69) is 22.8 Å². The monoisotopic (exact) mass is 396 g/mol. The van der Waals surface area contributed by atoms with Gasteiger partial charge in [-0.15, -0.1) is 0 Å². The molecule has 4 rings (SSSR count). The predicted octanol–water partition coefficient (Wildman–Crippen LogP) is 1.32. The van der Waals surface area contributed by atoms with Crippen LogP contribution in [0, 0.1) is 0 Å². The molecule has 1 fully saturated rings. The van der Waals surface area contributed by atoms with E-state index in [1.54, 1.807) is 12.0 Å². The van der Waals surface area contributed by atoms with E-state index in [1.165, 1.54) is 32.4 Å². The molecule has 1 aromatic heterocycles. The normalized spacial score (nSPS) is 16.2. The Hall–Kier alpha value is -2.57. The largest absolute Gasteiger partial charge is 0.497 e. The van der Waals surface area contributed by atoms with Crippen molar-refractivity contribution >= 4 is 17.0 Å². The number of piperidine rings is 1. The second-order valence-corrected chi connectivity index (χ2v) is 7.96. The van der Waals surface area contributed by atoms with Gasteiger partial charge in [0.05, 0.1) is 20.2 Å². The minimum Gasteiger partial charge on any atom is -0.497 e. The number of anilines is 1. The van der Waals surface area contributed by atoms with Crippen molar-refractivity contribution in [3.63, 3.8) is 0 Å². The van der Waals surface area contributed by atoms with E-state index >= 15 is 0 Å². The lowest BCUT2D eigenvalue weighted by Gasteiger charge is -2.22. The molecule has 1 aliphatic rings. The number of aliphatic hydroxyl groups is 1. The number of rotatable bonds is 7. The van der Waals surface area contributed by atoms with Gasteiger partial charge in [0.2, 0.25) is 0 Å². The molecule has 6 nitrogen and oxygen atoms in total. The van der Waals surface area contributed by atoms with Crippen molar-refractivity contribution in [2.24, 2.45) is 0 Å². The smallest absolute Gasteiger partial charge is 0.356 e. The predicted molar refractivity (Wildman–Crippen MR) is 114 cm³/mol. The van der Waals surface area contributed by atoms with Gasteiger partial charge in [-0.25, -0.2) is 9.13 Å². The Kier molecular flexibility index (Phi) is 6.02. The Bertz CT molecular complexity index is 945. The van der Waals surface area contributed by atoms with Gasteiger partial charge >= 0.3 is 5.95 Å². The molecule has 29 heavy (non-hydrogen) atoms. The first-order chi connectivity index (χ1) is 14.2. The highest BCUT2D eigenvalue weighted by atomic mass is 16.5. The van der Waals surface area contributed by atoms with E-state index in [1.807, 2.05) is 34.9 Å². The van der Waals surface area contributed by atoms with E-state index in [4.69, 9.17) is 10.5 Å². The fourth-order valence-corrected chi connectivity index (χ4v) is 4.42.